The third-order valence-electron chi connectivity index (χ3n) is 3.70. The number of rotatable bonds is 4. The molecule has 2 aromatic rings. The van der Waals surface area contributed by atoms with E-state index in [1.54, 1.807) is 13.0 Å². The molecule has 0 saturated carbocycles. The van der Waals surface area contributed by atoms with Crippen molar-refractivity contribution >= 4 is 17.4 Å². The maximum atomic E-state index is 11.3. The molecule has 0 fully saturated rings. The van der Waals surface area contributed by atoms with E-state index < -0.39 is 0 Å². The highest BCUT2D eigenvalue weighted by Gasteiger charge is 2.14. The second-order valence-corrected chi connectivity index (χ2v) is 5.48. The lowest BCUT2D eigenvalue weighted by atomic mass is 9.96. The second kappa shape index (κ2) is 6.89. The Balaban J connectivity index is 2.09. The zero-order valence-corrected chi connectivity index (χ0v) is 13.1. The Labute approximate surface area is 137 Å². The minimum Gasteiger partial charge on any atom is -0.295 e. The first kappa shape index (κ1) is 15.0. The van der Waals surface area contributed by atoms with Crippen molar-refractivity contribution in [1.29, 1.82) is 0 Å². The van der Waals surface area contributed by atoms with Crippen LogP contribution >= 0.6 is 0 Å². The fraction of sp³-hybridized carbons (Fsp3) is 0.0455. The lowest BCUT2D eigenvalue weighted by Gasteiger charge is -2.08. The van der Waals surface area contributed by atoms with E-state index in [4.69, 9.17) is 0 Å². The van der Waals surface area contributed by atoms with E-state index in [-0.39, 0.29) is 5.78 Å². The standard InChI is InChI=1S/C22H18O/c1-17(23)12-13-20-14-15-21(16-18-8-4-2-5-9-18)22(20)19-10-6-3-7-11-19/h2-16H,1H3/b13-12+,21-16+. The van der Waals surface area contributed by atoms with Gasteiger partial charge in [0.05, 0.1) is 0 Å². The fourth-order valence-electron chi connectivity index (χ4n) is 2.65. The Morgan fingerprint density at radius 2 is 1.52 bits per heavy atom. The average Bonchev–Trinajstić information content (AvgIpc) is 2.97. The summed E-state index contributed by atoms with van der Waals surface area (Å²) in [6, 6.07) is 20.5. The van der Waals surface area contributed by atoms with Gasteiger partial charge in [-0.3, -0.25) is 4.79 Å². The molecule has 0 aromatic heterocycles. The minimum absolute atomic E-state index is 0.0544. The Kier molecular flexibility index (Phi) is 4.49. The van der Waals surface area contributed by atoms with Crippen molar-refractivity contribution in [3.8, 4) is 0 Å². The van der Waals surface area contributed by atoms with Gasteiger partial charge in [0.1, 0.15) is 0 Å². The molecule has 1 aliphatic rings. The predicted molar refractivity (Wildman–Crippen MR) is 96.7 cm³/mol. The molecule has 23 heavy (non-hydrogen) atoms. The van der Waals surface area contributed by atoms with Crippen molar-refractivity contribution in [2.24, 2.45) is 0 Å². The van der Waals surface area contributed by atoms with Gasteiger partial charge in [0, 0.05) is 0 Å². The molecule has 0 radical (unpaired) electrons. The molecule has 0 N–H and O–H groups in total. The molecule has 112 valence electrons. The second-order valence-electron chi connectivity index (χ2n) is 5.48. The maximum absolute atomic E-state index is 11.3. The first-order valence-electron chi connectivity index (χ1n) is 7.67. The van der Waals surface area contributed by atoms with E-state index >= 15 is 0 Å². The van der Waals surface area contributed by atoms with Gasteiger partial charge in [-0.2, -0.15) is 0 Å². The smallest absolute Gasteiger partial charge is 0.152 e. The Morgan fingerprint density at radius 1 is 0.870 bits per heavy atom. The summed E-state index contributed by atoms with van der Waals surface area (Å²) in [6.45, 7) is 1.57. The predicted octanol–water partition coefficient (Wildman–Crippen LogP) is 5.24. The quantitative estimate of drug-likeness (QED) is 0.706. The molecule has 3 rings (SSSR count). The van der Waals surface area contributed by atoms with E-state index in [9.17, 15) is 4.79 Å². The van der Waals surface area contributed by atoms with Crippen molar-refractivity contribution in [1.82, 2.24) is 0 Å². The highest BCUT2D eigenvalue weighted by atomic mass is 16.1. The summed E-state index contributed by atoms with van der Waals surface area (Å²) in [5, 5.41) is 0. The zero-order valence-electron chi connectivity index (χ0n) is 13.1. The van der Waals surface area contributed by atoms with Gasteiger partial charge in [-0.05, 0) is 46.9 Å². The third-order valence-corrected chi connectivity index (χ3v) is 3.70. The molecule has 0 atom stereocenters. The molecule has 2 aromatic carbocycles. The summed E-state index contributed by atoms with van der Waals surface area (Å²) >= 11 is 0. The van der Waals surface area contributed by atoms with Crippen LogP contribution in [0.5, 0.6) is 0 Å². The van der Waals surface area contributed by atoms with Gasteiger partial charge in [0.2, 0.25) is 0 Å². The molecule has 1 aliphatic carbocycles. The Morgan fingerprint density at radius 3 is 2.17 bits per heavy atom. The van der Waals surface area contributed by atoms with Crippen LogP contribution in [-0.2, 0) is 4.79 Å². The molecule has 1 heteroatoms. The summed E-state index contributed by atoms with van der Waals surface area (Å²) in [7, 11) is 0. The molecule has 0 amide bonds. The lowest BCUT2D eigenvalue weighted by Crippen LogP contribution is -1.88. The van der Waals surface area contributed by atoms with Crippen molar-refractivity contribution < 1.29 is 4.79 Å². The van der Waals surface area contributed by atoms with E-state index in [1.165, 1.54) is 0 Å². The lowest BCUT2D eigenvalue weighted by molar-refractivity contribution is -0.112. The maximum Gasteiger partial charge on any atom is 0.152 e. The third kappa shape index (κ3) is 3.64. The van der Waals surface area contributed by atoms with Gasteiger partial charge in [-0.15, -0.1) is 0 Å². The summed E-state index contributed by atoms with van der Waals surface area (Å²) in [6.07, 6.45) is 9.86. The van der Waals surface area contributed by atoms with Crippen molar-refractivity contribution in [3.63, 3.8) is 0 Å². The summed E-state index contributed by atoms with van der Waals surface area (Å²) < 4.78 is 0. The fourth-order valence-corrected chi connectivity index (χ4v) is 2.65. The Bertz CT molecular complexity index is 819. The normalized spacial score (nSPS) is 15.8. The van der Waals surface area contributed by atoms with Crippen LogP contribution in [0.25, 0.3) is 11.6 Å². The monoisotopic (exact) mass is 298 g/mol. The van der Waals surface area contributed by atoms with E-state index in [1.807, 2.05) is 42.5 Å². The summed E-state index contributed by atoms with van der Waals surface area (Å²) in [4.78, 5) is 11.3. The van der Waals surface area contributed by atoms with Crippen molar-refractivity contribution in [2.75, 3.05) is 0 Å². The average molecular weight is 298 g/mol. The van der Waals surface area contributed by atoms with Gasteiger partial charge < -0.3 is 0 Å². The molecule has 1 nitrogen and oxygen atoms in total. The number of carbonyl (C=O) groups is 1. The highest BCUT2D eigenvalue weighted by Crippen LogP contribution is 2.35. The van der Waals surface area contributed by atoms with Gasteiger partial charge in [-0.1, -0.05) is 78.9 Å². The first-order valence-corrected chi connectivity index (χ1v) is 7.67. The first-order chi connectivity index (χ1) is 11.2. The van der Waals surface area contributed by atoms with Gasteiger partial charge in [-0.25, -0.2) is 0 Å². The highest BCUT2D eigenvalue weighted by molar-refractivity contribution is 5.96. The number of carbonyl (C=O) groups excluding carboxylic acids is 1. The van der Waals surface area contributed by atoms with Crippen molar-refractivity contribution in [3.05, 3.63) is 107 Å². The molecular weight excluding hydrogens is 280 g/mol. The van der Waals surface area contributed by atoms with Crippen LogP contribution in [0.2, 0.25) is 0 Å². The number of hydrogen-bond acceptors (Lipinski definition) is 1. The van der Waals surface area contributed by atoms with Crippen LogP contribution in [0.1, 0.15) is 18.1 Å². The van der Waals surface area contributed by atoms with Gasteiger partial charge >= 0.3 is 0 Å². The number of allylic oxidation sites excluding steroid dienone is 7. The molecule has 0 spiro atoms. The van der Waals surface area contributed by atoms with Gasteiger partial charge in [0.25, 0.3) is 0 Å². The van der Waals surface area contributed by atoms with E-state index in [2.05, 4.69) is 42.5 Å². The number of ketones is 1. The number of hydrogen-bond donors (Lipinski definition) is 0. The molecular formula is C22H18O. The largest absolute Gasteiger partial charge is 0.295 e. The molecule has 0 bridgehead atoms. The van der Waals surface area contributed by atoms with E-state index in [0.29, 0.717) is 0 Å². The molecule has 0 unspecified atom stereocenters. The zero-order chi connectivity index (χ0) is 16.1. The van der Waals surface area contributed by atoms with E-state index in [0.717, 1.165) is 27.8 Å². The van der Waals surface area contributed by atoms with Crippen LogP contribution in [-0.4, -0.2) is 5.78 Å². The Hall–Kier alpha value is -2.93. The summed E-state index contributed by atoms with van der Waals surface area (Å²) in [5.41, 5.74) is 5.70. The van der Waals surface area contributed by atoms with Crippen LogP contribution in [0, 0.1) is 0 Å². The van der Waals surface area contributed by atoms with Crippen LogP contribution in [0.15, 0.2) is 96.1 Å². The minimum atomic E-state index is 0.0544. The molecule has 0 heterocycles. The topological polar surface area (TPSA) is 17.1 Å². The number of benzene rings is 2. The molecule has 0 saturated heterocycles. The van der Waals surface area contributed by atoms with Crippen LogP contribution in [0.4, 0.5) is 0 Å². The molecule has 0 aliphatic heterocycles. The van der Waals surface area contributed by atoms with Gasteiger partial charge in [0.15, 0.2) is 5.78 Å². The summed E-state index contributed by atoms with van der Waals surface area (Å²) in [5.74, 6) is 0.0544. The van der Waals surface area contributed by atoms with Crippen LogP contribution < -0.4 is 0 Å². The van der Waals surface area contributed by atoms with Crippen molar-refractivity contribution in [2.45, 2.75) is 6.92 Å². The van der Waals surface area contributed by atoms with Crippen LogP contribution in [0.3, 0.4) is 0 Å². The SMILES string of the molecule is CC(=O)/C=C/C1=C(c2ccccc2)C(=C/c2ccccc2)/C=C1.